The third-order valence-corrected chi connectivity index (χ3v) is 4.52. The summed E-state index contributed by atoms with van der Waals surface area (Å²) >= 11 is 0. The smallest absolute Gasteiger partial charge is 0.497 e. The van der Waals surface area contributed by atoms with Crippen molar-refractivity contribution < 1.29 is 23.8 Å². The molecule has 162 valence electrons. The summed E-state index contributed by atoms with van der Waals surface area (Å²) in [4.78, 5) is 25.0. The van der Waals surface area contributed by atoms with Crippen LogP contribution in [0.1, 0.15) is 38.9 Å². The van der Waals surface area contributed by atoms with Gasteiger partial charge in [-0.25, -0.2) is 4.79 Å². The van der Waals surface area contributed by atoms with Gasteiger partial charge >= 0.3 is 6.16 Å². The van der Waals surface area contributed by atoms with Gasteiger partial charge in [0.15, 0.2) is 0 Å². The lowest BCUT2D eigenvalue weighted by molar-refractivity contribution is -0.118. The Morgan fingerprint density at radius 2 is 1.61 bits per heavy atom. The molecule has 3 rings (SSSR count). The Kier molecular flexibility index (Phi) is 6.80. The van der Waals surface area contributed by atoms with Gasteiger partial charge in [-0.2, -0.15) is 0 Å². The Balaban J connectivity index is 1.79. The number of fused-ring (bicyclic) bond motifs is 1. The van der Waals surface area contributed by atoms with E-state index in [1.54, 1.807) is 52.1 Å². The van der Waals surface area contributed by atoms with Crippen LogP contribution in [0.2, 0.25) is 0 Å². The lowest BCUT2D eigenvalue weighted by Gasteiger charge is -2.23. The quantitative estimate of drug-likeness (QED) is 0.504. The van der Waals surface area contributed by atoms with E-state index in [0.717, 1.165) is 16.3 Å². The summed E-state index contributed by atoms with van der Waals surface area (Å²) in [5, 5.41) is 4.88. The van der Waals surface area contributed by atoms with Gasteiger partial charge in [0.1, 0.15) is 17.5 Å². The number of hydrogen-bond donors (Lipinski definition) is 1. The molecule has 0 heterocycles. The third kappa shape index (κ3) is 6.47. The van der Waals surface area contributed by atoms with Gasteiger partial charge in [-0.1, -0.05) is 36.4 Å². The minimum absolute atomic E-state index is 0.0520. The summed E-state index contributed by atoms with van der Waals surface area (Å²) in [6, 6.07) is 20.6. The Labute approximate surface area is 182 Å². The molecule has 3 aromatic carbocycles. The molecular formula is C25H27NO5. The Hall–Kier alpha value is -3.54. The second-order valence-corrected chi connectivity index (χ2v) is 8.16. The minimum Gasteiger partial charge on any atom is -0.497 e. The van der Waals surface area contributed by atoms with Crippen LogP contribution in [0, 0.1) is 0 Å². The largest absolute Gasteiger partial charge is 0.509 e. The van der Waals surface area contributed by atoms with E-state index in [-0.39, 0.29) is 12.3 Å². The molecule has 0 radical (unpaired) electrons. The van der Waals surface area contributed by atoms with Gasteiger partial charge in [-0.15, -0.1) is 0 Å². The van der Waals surface area contributed by atoms with E-state index in [9.17, 15) is 9.59 Å². The van der Waals surface area contributed by atoms with Crippen LogP contribution < -0.4 is 10.1 Å². The van der Waals surface area contributed by atoms with E-state index in [1.807, 2.05) is 42.5 Å². The highest BCUT2D eigenvalue weighted by Crippen LogP contribution is 2.27. The molecule has 0 saturated carbocycles. The molecule has 0 aromatic heterocycles. The molecule has 0 bridgehead atoms. The van der Waals surface area contributed by atoms with Crippen LogP contribution in [-0.2, 0) is 14.3 Å². The number of carbonyl (C=O) groups is 2. The molecular weight excluding hydrogens is 394 g/mol. The molecule has 3 aromatic rings. The van der Waals surface area contributed by atoms with Gasteiger partial charge in [0.05, 0.1) is 13.5 Å². The first-order valence-electron chi connectivity index (χ1n) is 10.1. The second kappa shape index (κ2) is 9.51. The van der Waals surface area contributed by atoms with Crippen molar-refractivity contribution in [2.24, 2.45) is 0 Å². The maximum absolute atomic E-state index is 12.7. The molecule has 0 spiro atoms. The van der Waals surface area contributed by atoms with Crippen molar-refractivity contribution in [1.29, 1.82) is 0 Å². The van der Waals surface area contributed by atoms with Crippen molar-refractivity contribution in [3.05, 3.63) is 72.3 Å². The molecule has 1 unspecified atom stereocenters. The predicted molar refractivity (Wildman–Crippen MR) is 120 cm³/mol. The first-order chi connectivity index (χ1) is 14.7. The van der Waals surface area contributed by atoms with Gasteiger partial charge in [-0.3, -0.25) is 4.79 Å². The van der Waals surface area contributed by atoms with Crippen molar-refractivity contribution in [2.45, 2.75) is 38.9 Å². The predicted octanol–water partition coefficient (Wildman–Crippen LogP) is 5.87. The summed E-state index contributed by atoms with van der Waals surface area (Å²) in [6.45, 7) is 5.28. The Morgan fingerprint density at radius 1 is 0.935 bits per heavy atom. The molecule has 1 atom stereocenters. The molecule has 31 heavy (non-hydrogen) atoms. The first kappa shape index (κ1) is 22.2. The number of ether oxygens (including phenoxy) is 3. The minimum atomic E-state index is -0.817. The van der Waals surface area contributed by atoms with E-state index >= 15 is 0 Å². The Bertz CT molecular complexity index is 1050. The Morgan fingerprint density at radius 3 is 2.26 bits per heavy atom. The number of carbonyl (C=O) groups excluding carboxylic acids is 2. The molecule has 1 N–H and O–H groups in total. The molecule has 0 aliphatic carbocycles. The molecule has 0 aliphatic rings. The number of nitrogens with one attached hydrogen (secondary N) is 1. The fourth-order valence-electron chi connectivity index (χ4n) is 3.08. The highest BCUT2D eigenvalue weighted by molar-refractivity contribution is 5.91. The summed E-state index contributed by atoms with van der Waals surface area (Å²) in [6.07, 6.45) is -1.66. The topological polar surface area (TPSA) is 73.9 Å². The van der Waals surface area contributed by atoms with Crippen LogP contribution in [0.5, 0.6) is 5.75 Å². The standard InChI is InChI=1S/C25H27NO5/c1-25(2,3)31-24(28)30-22(19-10-9-17-7-5-6-8-18(17)15-19)16-23(27)26-20-11-13-21(29-4)14-12-20/h5-15,22H,16H2,1-4H3,(H,26,27). The monoisotopic (exact) mass is 421 g/mol. The lowest BCUT2D eigenvalue weighted by Crippen LogP contribution is -2.27. The molecule has 6 heteroatoms. The van der Waals surface area contributed by atoms with Gasteiger partial charge in [-0.05, 0) is 67.4 Å². The zero-order valence-electron chi connectivity index (χ0n) is 18.2. The first-order valence-corrected chi connectivity index (χ1v) is 10.1. The van der Waals surface area contributed by atoms with Crippen LogP contribution in [0.25, 0.3) is 10.8 Å². The van der Waals surface area contributed by atoms with Crippen molar-refractivity contribution in [3.8, 4) is 5.75 Å². The summed E-state index contributed by atoms with van der Waals surface area (Å²) in [5.41, 5.74) is 0.644. The second-order valence-electron chi connectivity index (χ2n) is 8.16. The normalized spacial score (nSPS) is 12.1. The summed E-state index contributed by atoms with van der Waals surface area (Å²) in [7, 11) is 1.58. The van der Waals surface area contributed by atoms with Crippen molar-refractivity contribution in [1.82, 2.24) is 0 Å². The number of hydrogen-bond acceptors (Lipinski definition) is 5. The van der Waals surface area contributed by atoms with Crippen LogP contribution >= 0.6 is 0 Å². The van der Waals surface area contributed by atoms with Crippen LogP contribution in [0.3, 0.4) is 0 Å². The molecule has 0 aliphatic heterocycles. The average molecular weight is 421 g/mol. The van der Waals surface area contributed by atoms with E-state index in [2.05, 4.69) is 5.32 Å². The third-order valence-electron chi connectivity index (χ3n) is 4.52. The van der Waals surface area contributed by atoms with E-state index in [0.29, 0.717) is 11.4 Å². The lowest BCUT2D eigenvalue weighted by atomic mass is 10.0. The molecule has 6 nitrogen and oxygen atoms in total. The average Bonchev–Trinajstić information content (AvgIpc) is 2.72. The number of amides is 1. The summed E-state index contributed by atoms with van der Waals surface area (Å²) in [5.74, 6) is 0.409. The number of rotatable bonds is 6. The van der Waals surface area contributed by atoms with Crippen molar-refractivity contribution in [3.63, 3.8) is 0 Å². The number of methoxy groups -OCH3 is 1. The zero-order chi connectivity index (χ0) is 22.4. The van der Waals surface area contributed by atoms with Crippen LogP contribution in [0.4, 0.5) is 10.5 Å². The number of benzene rings is 3. The SMILES string of the molecule is COc1ccc(NC(=O)CC(OC(=O)OC(C)(C)C)c2ccc3ccccc3c2)cc1. The molecule has 0 fully saturated rings. The molecule has 0 saturated heterocycles. The summed E-state index contributed by atoms with van der Waals surface area (Å²) < 4.78 is 16.0. The van der Waals surface area contributed by atoms with E-state index in [4.69, 9.17) is 14.2 Å². The van der Waals surface area contributed by atoms with Gasteiger partial charge in [0.2, 0.25) is 5.91 Å². The maximum Gasteiger partial charge on any atom is 0.509 e. The zero-order valence-corrected chi connectivity index (χ0v) is 18.2. The van der Waals surface area contributed by atoms with Crippen molar-refractivity contribution >= 4 is 28.5 Å². The van der Waals surface area contributed by atoms with Crippen LogP contribution in [0.15, 0.2) is 66.7 Å². The van der Waals surface area contributed by atoms with Gasteiger partial charge in [0.25, 0.3) is 0 Å². The van der Waals surface area contributed by atoms with Crippen molar-refractivity contribution in [2.75, 3.05) is 12.4 Å². The van der Waals surface area contributed by atoms with E-state index in [1.165, 1.54) is 0 Å². The fourth-order valence-corrected chi connectivity index (χ4v) is 3.08. The highest BCUT2D eigenvalue weighted by Gasteiger charge is 2.25. The fraction of sp³-hybridized carbons (Fsp3) is 0.280. The van der Waals surface area contributed by atoms with E-state index < -0.39 is 17.9 Å². The van der Waals surface area contributed by atoms with Gasteiger partial charge < -0.3 is 19.5 Å². The van der Waals surface area contributed by atoms with Crippen LogP contribution in [-0.4, -0.2) is 24.8 Å². The molecule has 1 amide bonds. The highest BCUT2D eigenvalue weighted by atomic mass is 16.7. The van der Waals surface area contributed by atoms with Gasteiger partial charge in [0, 0.05) is 5.69 Å². The number of anilines is 1. The maximum atomic E-state index is 12.7.